The molecular weight excluding hydrogens is 272 g/mol. The van der Waals surface area contributed by atoms with Gasteiger partial charge in [0.1, 0.15) is 12.1 Å². The first-order chi connectivity index (χ1) is 10.0. The zero-order chi connectivity index (χ0) is 15.5. The van der Waals surface area contributed by atoms with Gasteiger partial charge in [-0.3, -0.25) is 14.5 Å². The lowest BCUT2D eigenvalue weighted by atomic mass is 9.87. The Morgan fingerprint density at radius 1 is 1.24 bits per heavy atom. The molecule has 1 aliphatic heterocycles. The lowest BCUT2D eigenvalue weighted by Crippen LogP contribution is -2.43. The molecule has 0 spiro atoms. The van der Waals surface area contributed by atoms with Gasteiger partial charge in [-0.25, -0.2) is 4.79 Å². The van der Waals surface area contributed by atoms with Gasteiger partial charge >= 0.3 is 12.0 Å². The molecule has 1 aromatic carbocycles. The molecule has 1 fully saturated rings. The van der Waals surface area contributed by atoms with Crippen LogP contribution in [0.2, 0.25) is 0 Å². The van der Waals surface area contributed by atoms with Crippen LogP contribution in [0.15, 0.2) is 30.3 Å². The number of imide groups is 1. The third-order valence-corrected chi connectivity index (χ3v) is 3.57. The van der Waals surface area contributed by atoms with Gasteiger partial charge in [0.25, 0.3) is 5.91 Å². The third-order valence-electron chi connectivity index (χ3n) is 3.57. The quantitative estimate of drug-likeness (QED) is 0.657. The summed E-state index contributed by atoms with van der Waals surface area (Å²) in [5.41, 5.74) is -0.401. The van der Waals surface area contributed by atoms with Crippen LogP contribution in [0, 0.1) is 0 Å². The summed E-state index contributed by atoms with van der Waals surface area (Å²) in [5.74, 6) is -1.02. The first-order valence-electron chi connectivity index (χ1n) is 6.90. The van der Waals surface area contributed by atoms with Crippen molar-refractivity contribution in [1.82, 2.24) is 10.2 Å². The zero-order valence-corrected chi connectivity index (χ0v) is 12.1. The van der Waals surface area contributed by atoms with Crippen LogP contribution in [-0.2, 0) is 19.9 Å². The maximum Gasteiger partial charge on any atom is 0.326 e. The smallest absolute Gasteiger partial charge is 0.326 e. The SMILES string of the molecule is CCOC(=O)CN1C(=O)N[C@@](CC)(c2ccccc2)C1=O. The number of nitrogens with zero attached hydrogens (tertiary/aromatic N) is 1. The molecule has 1 aromatic rings. The fourth-order valence-corrected chi connectivity index (χ4v) is 2.47. The highest BCUT2D eigenvalue weighted by Gasteiger charge is 2.51. The molecule has 112 valence electrons. The minimum Gasteiger partial charge on any atom is -0.465 e. The van der Waals surface area contributed by atoms with Crippen molar-refractivity contribution < 1.29 is 19.1 Å². The number of ether oxygens (including phenoxy) is 1. The molecule has 0 aromatic heterocycles. The summed E-state index contributed by atoms with van der Waals surface area (Å²) in [6.07, 6.45) is 0.404. The van der Waals surface area contributed by atoms with Gasteiger partial charge < -0.3 is 10.1 Å². The highest BCUT2D eigenvalue weighted by Crippen LogP contribution is 2.32. The third kappa shape index (κ3) is 2.61. The lowest BCUT2D eigenvalue weighted by molar-refractivity contribution is -0.147. The van der Waals surface area contributed by atoms with Crippen LogP contribution in [0.1, 0.15) is 25.8 Å². The number of esters is 1. The molecule has 3 amide bonds. The van der Waals surface area contributed by atoms with Crippen molar-refractivity contribution in [2.24, 2.45) is 0 Å². The number of carbonyl (C=O) groups is 3. The van der Waals surface area contributed by atoms with E-state index in [1.807, 2.05) is 13.0 Å². The molecule has 2 rings (SSSR count). The molecule has 0 saturated carbocycles. The van der Waals surface area contributed by atoms with Gasteiger partial charge in [0.2, 0.25) is 0 Å². The van der Waals surface area contributed by atoms with Crippen molar-refractivity contribution >= 4 is 17.9 Å². The number of nitrogens with one attached hydrogen (secondary N) is 1. The minimum atomic E-state index is -1.11. The topological polar surface area (TPSA) is 75.7 Å². The van der Waals surface area contributed by atoms with E-state index in [-0.39, 0.29) is 13.2 Å². The van der Waals surface area contributed by atoms with Crippen LogP contribution in [0.4, 0.5) is 4.79 Å². The van der Waals surface area contributed by atoms with E-state index in [2.05, 4.69) is 5.32 Å². The molecule has 6 heteroatoms. The van der Waals surface area contributed by atoms with E-state index in [1.165, 1.54) is 0 Å². The first kappa shape index (κ1) is 15.0. The Morgan fingerprint density at radius 2 is 1.90 bits per heavy atom. The summed E-state index contributed by atoms with van der Waals surface area (Å²) in [6, 6.07) is 8.45. The Hall–Kier alpha value is -2.37. The monoisotopic (exact) mass is 290 g/mol. The minimum absolute atomic E-state index is 0.208. The second-order valence-electron chi connectivity index (χ2n) is 4.75. The van der Waals surface area contributed by atoms with Crippen LogP contribution in [-0.4, -0.2) is 36.0 Å². The van der Waals surface area contributed by atoms with Gasteiger partial charge in [0.15, 0.2) is 0 Å². The standard InChI is InChI=1S/C15H18N2O4/c1-3-15(11-8-6-5-7-9-11)13(19)17(14(20)16-15)10-12(18)21-4-2/h5-9H,3-4,10H2,1-2H3,(H,16,20)/t15-/m0/s1. The van der Waals surface area contributed by atoms with Crippen LogP contribution >= 0.6 is 0 Å². The maximum atomic E-state index is 12.6. The maximum absolute atomic E-state index is 12.6. The fourth-order valence-electron chi connectivity index (χ4n) is 2.47. The van der Waals surface area contributed by atoms with Crippen molar-refractivity contribution in [2.75, 3.05) is 13.2 Å². The molecule has 1 saturated heterocycles. The van der Waals surface area contributed by atoms with Crippen molar-refractivity contribution in [3.05, 3.63) is 35.9 Å². The number of benzene rings is 1. The highest BCUT2D eigenvalue weighted by atomic mass is 16.5. The molecule has 6 nitrogen and oxygen atoms in total. The average Bonchev–Trinajstić information content (AvgIpc) is 2.73. The Labute approximate surface area is 123 Å². The summed E-state index contributed by atoms with van der Waals surface area (Å²) in [7, 11) is 0. The first-order valence-corrected chi connectivity index (χ1v) is 6.90. The Kier molecular flexibility index (Phi) is 4.26. The molecule has 21 heavy (non-hydrogen) atoms. The second kappa shape index (κ2) is 5.95. The number of amides is 3. The van der Waals surface area contributed by atoms with Gasteiger partial charge in [-0.2, -0.15) is 0 Å². The lowest BCUT2D eigenvalue weighted by Gasteiger charge is -2.25. The summed E-state index contributed by atoms with van der Waals surface area (Å²) in [4.78, 5) is 37.1. The molecule has 1 atom stereocenters. The molecular formula is C15H18N2O4. The number of urea groups is 1. The molecule has 1 aliphatic rings. The zero-order valence-electron chi connectivity index (χ0n) is 12.1. The largest absolute Gasteiger partial charge is 0.465 e. The van der Waals surface area contributed by atoms with E-state index in [0.717, 1.165) is 4.90 Å². The van der Waals surface area contributed by atoms with E-state index in [9.17, 15) is 14.4 Å². The molecule has 1 N–H and O–H groups in total. The van der Waals surface area contributed by atoms with E-state index in [4.69, 9.17) is 4.74 Å². The van der Waals surface area contributed by atoms with Crippen LogP contribution in [0.5, 0.6) is 0 Å². The predicted molar refractivity (Wildman–Crippen MR) is 75.3 cm³/mol. The number of carbonyl (C=O) groups excluding carboxylic acids is 3. The van der Waals surface area contributed by atoms with Gasteiger partial charge in [0, 0.05) is 0 Å². The number of rotatable bonds is 5. The number of hydrogen-bond donors (Lipinski definition) is 1. The normalized spacial score (nSPS) is 21.3. The fraction of sp³-hybridized carbons (Fsp3) is 0.400. The van der Waals surface area contributed by atoms with Crippen LogP contribution in [0.25, 0.3) is 0 Å². The van der Waals surface area contributed by atoms with Gasteiger partial charge in [-0.05, 0) is 18.9 Å². The summed E-state index contributed by atoms with van der Waals surface area (Å²) < 4.78 is 4.80. The summed E-state index contributed by atoms with van der Waals surface area (Å²) in [5, 5.41) is 2.71. The van der Waals surface area contributed by atoms with E-state index < -0.39 is 23.4 Å². The van der Waals surface area contributed by atoms with E-state index in [1.54, 1.807) is 31.2 Å². The summed E-state index contributed by atoms with van der Waals surface area (Å²) in [6.45, 7) is 3.33. The molecule has 1 heterocycles. The van der Waals surface area contributed by atoms with Crippen molar-refractivity contribution in [1.29, 1.82) is 0 Å². The van der Waals surface area contributed by atoms with Crippen LogP contribution in [0.3, 0.4) is 0 Å². The van der Waals surface area contributed by atoms with E-state index >= 15 is 0 Å². The van der Waals surface area contributed by atoms with Crippen LogP contribution < -0.4 is 5.32 Å². The van der Waals surface area contributed by atoms with Gasteiger partial charge in [0.05, 0.1) is 6.61 Å². The number of hydrogen-bond acceptors (Lipinski definition) is 4. The van der Waals surface area contributed by atoms with Gasteiger partial charge in [-0.1, -0.05) is 37.3 Å². The molecule has 0 bridgehead atoms. The van der Waals surface area contributed by atoms with Gasteiger partial charge in [-0.15, -0.1) is 0 Å². The highest BCUT2D eigenvalue weighted by molar-refractivity contribution is 6.09. The Bertz CT molecular complexity index is 558. The van der Waals surface area contributed by atoms with E-state index in [0.29, 0.717) is 12.0 Å². The summed E-state index contributed by atoms with van der Waals surface area (Å²) >= 11 is 0. The second-order valence-corrected chi connectivity index (χ2v) is 4.75. The molecule has 0 radical (unpaired) electrons. The van der Waals surface area contributed by atoms with Crippen molar-refractivity contribution in [3.8, 4) is 0 Å². The average molecular weight is 290 g/mol. The van der Waals surface area contributed by atoms with Crippen molar-refractivity contribution in [3.63, 3.8) is 0 Å². The Balaban J connectivity index is 2.29. The molecule has 0 aliphatic carbocycles. The molecule has 0 unspecified atom stereocenters. The Morgan fingerprint density at radius 3 is 2.48 bits per heavy atom. The predicted octanol–water partition coefficient (Wildman–Crippen LogP) is 1.41. The van der Waals surface area contributed by atoms with Crippen molar-refractivity contribution in [2.45, 2.75) is 25.8 Å².